The van der Waals surface area contributed by atoms with Crippen molar-refractivity contribution in [2.75, 3.05) is 16.0 Å². The zero-order valence-corrected chi connectivity index (χ0v) is 11.3. The quantitative estimate of drug-likeness (QED) is 0.633. The number of hydrogen-bond donors (Lipinski definition) is 4. The van der Waals surface area contributed by atoms with Crippen LogP contribution in [0.3, 0.4) is 0 Å². The van der Waals surface area contributed by atoms with E-state index in [2.05, 4.69) is 25.9 Å². The number of nitrogens with one attached hydrogen (secondary N) is 3. The van der Waals surface area contributed by atoms with Crippen molar-refractivity contribution in [2.45, 2.75) is 13.0 Å². The average Bonchev–Trinajstić information content (AvgIpc) is 2.46. The molecule has 0 fully saturated rings. The zero-order chi connectivity index (χ0) is 15.9. The first-order valence-electron chi connectivity index (χ1n) is 6.33. The summed E-state index contributed by atoms with van der Waals surface area (Å²) in [6.45, 7) is 1.66. The van der Waals surface area contributed by atoms with Gasteiger partial charge >= 0.3 is 0 Å². The van der Waals surface area contributed by atoms with Gasteiger partial charge in [-0.1, -0.05) is 0 Å². The van der Waals surface area contributed by atoms with Crippen LogP contribution in [0.1, 0.15) is 6.92 Å². The Labute approximate surface area is 123 Å². The SMILES string of the molecule is CC1Nc2nc(Nc3cc(F)c(O)c(F)c3)ncc2NC1=O. The highest BCUT2D eigenvalue weighted by atomic mass is 19.1. The molecule has 0 bridgehead atoms. The number of hydrogen-bond acceptors (Lipinski definition) is 6. The van der Waals surface area contributed by atoms with Gasteiger partial charge in [0, 0.05) is 17.8 Å². The molecular formula is C13H11F2N5O2. The van der Waals surface area contributed by atoms with Crippen molar-refractivity contribution >= 4 is 29.0 Å². The van der Waals surface area contributed by atoms with Gasteiger partial charge in [0.1, 0.15) is 11.7 Å². The number of aromatic nitrogens is 2. The first-order valence-corrected chi connectivity index (χ1v) is 6.33. The Balaban J connectivity index is 1.88. The molecule has 22 heavy (non-hydrogen) atoms. The summed E-state index contributed by atoms with van der Waals surface area (Å²) in [4.78, 5) is 19.6. The Morgan fingerprint density at radius 1 is 1.32 bits per heavy atom. The molecule has 1 unspecified atom stereocenters. The summed E-state index contributed by atoms with van der Waals surface area (Å²) < 4.78 is 26.6. The molecule has 114 valence electrons. The molecule has 0 saturated carbocycles. The van der Waals surface area contributed by atoms with Crippen molar-refractivity contribution in [3.8, 4) is 5.75 Å². The Hall–Kier alpha value is -2.97. The Bertz CT molecular complexity index is 745. The molecule has 1 atom stereocenters. The van der Waals surface area contributed by atoms with E-state index in [0.29, 0.717) is 11.5 Å². The van der Waals surface area contributed by atoms with Crippen molar-refractivity contribution < 1.29 is 18.7 Å². The van der Waals surface area contributed by atoms with E-state index in [0.717, 1.165) is 12.1 Å². The van der Waals surface area contributed by atoms with Gasteiger partial charge in [0.15, 0.2) is 23.2 Å². The van der Waals surface area contributed by atoms with E-state index in [4.69, 9.17) is 5.11 Å². The highest BCUT2D eigenvalue weighted by Crippen LogP contribution is 2.28. The largest absolute Gasteiger partial charge is 0.503 e. The highest BCUT2D eigenvalue weighted by Gasteiger charge is 2.23. The number of aromatic hydroxyl groups is 1. The summed E-state index contributed by atoms with van der Waals surface area (Å²) in [5.41, 5.74) is 0.456. The topological polar surface area (TPSA) is 99.2 Å². The smallest absolute Gasteiger partial charge is 0.246 e. The molecule has 9 heteroatoms. The predicted molar refractivity (Wildman–Crippen MR) is 75.1 cm³/mol. The fourth-order valence-corrected chi connectivity index (χ4v) is 1.92. The lowest BCUT2D eigenvalue weighted by molar-refractivity contribution is -0.116. The van der Waals surface area contributed by atoms with Crippen LogP contribution < -0.4 is 16.0 Å². The molecule has 1 aromatic heterocycles. The molecule has 0 aliphatic carbocycles. The van der Waals surface area contributed by atoms with Gasteiger partial charge in [-0.2, -0.15) is 4.98 Å². The maximum Gasteiger partial charge on any atom is 0.246 e. The molecule has 1 aliphatic heterocycles. The summed E-state index contributed by atoms with van der Waals surface area (Å²) in [6, 6.07) is 1.37. The predicted octanol–water partition coefficient (Wildman–Crippen LogP) is 1.96. The van der Waals surface area contributed by atoms with Crippen molar-refractivity contribution in [3.05, 3.63) is 30.0 Å². The standard InChI is InChI=1S/C13H11F2N5O2/c1-5-12(22)19-9-4-16-13(20-11(9)17-5)18-6-2-7(14)10(21)8(15)3-6/h2-5,21H,1H3,(H,19,22)(H2,16,17,18,20). The van der Waals surface area contributed by atoms with E-state index in [9.17, 15) is 13.6 Å². The normalized spacial score (nSPS) is 16.5. The van der Waals surface area contributed by atoms with Crippen LogP contribution in [0.25, 0.3) is 0 Å². The van der Waals surface area contributed by atoms with E-state index < -0.39 is 23.4 Å². The fraction of sp³-hybridized carbons (Fsp3) is 0.154. The summed E-state index contributed by atoms with van der Waals surface area (Å²) in [5.74, 6) is -2.98. The third-order valence-corrected chi connectivity index (χ3v) is 3.07. The summed E-state index contributed by atoms with van der Waals surface area (Å²) in [5, 5.41) is 17.2. The minimum atomic E-state index is -1.10. The van der Waals surface area contributed by atoms with Gasteiger partial charge in [-0.15, -0.1) is 0 Å². The van der Waals surface area contributed by atoms with Crippen LogP contribution in [-0.2, 0) is 4.79 Å². The molecule has 4 N–H and O–H groups in total. The molecule has 3 rings (SSSR count). The monoisotopic (exact) mass is 307 g/mol. The van der Waals surface area contributed by atoms with Crippen LogP contribution in [0.15, 0.2) is 18.3 Å². The summed E-state index contributed by atoms with van der Waals surface area (Å²) in [6.07, 6.45) is 1.37. The van der Waals surface area contributed by atoms with Gasteiger partial charge in [0.2, 0.25) is 11.9 Å². The third-order valence-electron chi connectivity index (χ3n) is 3.07. The minimum absolute atomic E-state index is 0.0423. The van der Waals surface area contributed by atoms with Crippen molar-refractivity contribution in [1.82, 2.24) is 9.97 Å². The maximum absolute atomic E-state index is 13.3. The van der Waals surface area contributed by atoms with Gasteiger partial charge < -0.3 is 21.1 Å². The molecule has 0 saturated heterocycles. The van der Waals surface area contributed by atoms with E-state index in [1.165, 1.54) is 6.20 Å². The van der Waals surface area contributed by atoms with E-state index >= 15 is 0 Å². The number of fused-ring (bicyclic) bond motifs is 1. The second kappa shape index (κ2) is 5.10. The van der Waals surface area contributed by atoms with Crippen molar-refractivity contribution in [2.24, 2.45) is 0 Å². The second-order valence-electron chi connectivity index (χ2n) is 4.72. The summed E-state index contributed by atoms with van der Waals surface area (Å²) in [7, 11) is 0. The fourth-order valence-electron chi connectivity index (χ4n) is 1.92. The molecule has 1 aromatic carbocycles. The van der Waals surface area contributed by atoms with Gasteiger partial charge in [-0.05, 0) is 6.92 Å². The number of amides is 1. The first-order chi connectivity index (χ1) is 10.4. The lowest BCUT2D eigenvalue weighted by Gasteiger charge is -2.23. The third kappa shape index (κ3) is 2.48. The number of benzene rings is 1. The highest BCUT2D eigenvalue weighted by molar-refractivity contribution is 6.01. The van der Waals surface area contributed by atoms with E-state index in [1.54, 1.807) is 6.92 Å². The number of nitrogens with zero attached hydrogens (tertiary/aromatic N) is 2. The number of halogens is 2. The van der Waals surface area contributed by atoms with E-state index in [-0.39, 0.29) is 17.5 Å². The second-order valence-corrected chi connectivity index (χ2v) is 4.72. The molecular weight excluding hydrogens is 296 g/mol. The zero-order valence-electron chi connectivity index (χ0n) is 11.3. The molecule has 2 heterocycles. The van der Waals surface area contributed by atoms with Crippen molar-refractivity contribution in [3.63, 3.8) is 0 Å². The summed E-state index contributed by atoms with van der Waals surface area (Å²) >= 11 is 0. The minimum Gasteiger partial charge on any atom is -0.503 e. The van der Waals surface area contributed by atoms with Crippen molar-refractivity contribution in [1.29, 1.82) is 0 Å². The molecule has 0 radical (unpaired) electrons. The van der Waals surface area contributed by atoms with Gasteiger partial charge in [0.25, 0.3) is 0 Å². The number of rotatable bonds is 2. The number of carbonyl (C=O) groups is 1. The number of phenols is 1. The maximum atomic E-state index is 13.3. The van der Waals surface area contributed by atoms with Gasteiger partial charge in [-0.25, -0.2) is 13.8 Å². The Morgan fingerprint density at radius 2 is 2.00 bits per heavy atom. The molecule has 1 amide bonds. The van der Waals surface area contributed by atoms with Crippen LogP contribution in [0.2, 0.25) is 0 Å². The van der Waals surface area contributed by atoms with Crippen LogP contribution in [0.5, 0.6) is 5.75 Å². The number of phenolic OH excluding ortho intramolecular Hbond substituents is 1. The molecule has 7 nitrogen and oxygen atoms in total. The van der Waals surface area contributed by atoms with Crippen LogP contribution in [-0.4, -0.2) is 27.0 Å². The Morgan fingerprint density at radius 3 is 2.68 bits per heavy atom. The lowest BCUT2D eigenvalue weighted by Crippen LogP contribution is -2.37. The lowest BCUT2D eigenvalue weighted by atomic mass is 10.2. The van der Waals surface area contributed by atoms with Gasteiger partial charge in [0.05, 0.1) is 6.20 Å². The number of carbonyl (C=O) groups excluding carboxylic acids is 1. The average molecular weight is 307 g/mol. The van der Waals surface area contributed by atoms with Gasteiger partial charge in [-0.3, -0.25) is 4.79 Å². The first kappa shape index (κ1) is 14.0. The Kier molecular flexibility index (Phi) is 3.24. The van der Waals surface area contributed by atoms with Crippen LogP contribution >= 0.6 is 0 Å². The molecule has 1 aliphatic rings. The molecule has 0 spiro atoms. The van der Waals surface area contributed by atoms with Crippen LogP contribution in [0.4, 0.5) is 31.9 Å². The number of anilines is 4. The van der Waals surface area contributed by atoms with Crippen LogP contribution in [0, 0.1) is 11.6 Å². The van der Waals surface area contributed by atoms with E-state index in [1.807, 2.05) is 0 Å². The molecule has 2 aromatic rings.